The van der Waals surface area contributed by atoms with E-state index in [4.69, 9.17) is 11.6 Å². The molecule has 0 amide bonds. The summed E-state index contributed by atoms with van der Waals surface area (Å²) in [4.78, 5) is 12.7. The number of hydrogen-bond donors (Lipinski definition) is 0. The molecular weight excluding hydrogens is 287 g/mol. The predicted octanol–water partition coefficient (Wildman–Crippen LogP) is 5.17. The van der Waals surface area contributed by atoms with Crippen LogP contribution in [0.25, 0.3) is 10.8 Å². The fraction of sp³-hybridized carbons (Fsp3) is 0.0556. The minimum Gasteiger partial charge on any atom is -0.289 e. The highest BCUT2D eigenvalue weighted by Gasteiger charge is 2.17. The molecule has 3 aromatic rings. The van der Waals surface area contributed by atoms with Gasteiger partial charge in [-0.25, -0.2) is 4.39 Å². The van der Waals surface area contributed by atoms with E-state index >= 15 is 0 Å². The van der Waals surface area contributed by atoms with Gasteiger partial charge in [-0.1, -0.05) is 48.0 Å². The standard InChI is InChI=1S/C18H12ClFO/c1-11-5-4-8-15(17(11)19)18(21)14-9-10-16(20)13-7-3-2-6-12(13)14/h2-10H,1H3. The van der Waals surface area contributed by atoms with E-state index < -0.39 is 0 Å². The maximum absolute atomic E-state index is 13.8. The molecule has 21 heavy (non-hydrogen) atoms. The quantitative estimate of drug-likeness (QED) is 0.596. The SMILES string of the molecule is Cc1cccc(C(=O)c2ccc(F)c3ccccc23)c1Cl. The molecule has 0 atom stereocenters. The van der Waals surface area contributed by atoms with Crippen molar-refractivity contribution < 1.29 is 9.18 Å². The second-order valence-corrected chi connectivity index (χ2v) is 5.28. The Balaban J connectivity index is 2.23. The van der Waals surface area contributed by atoms with E-state index in [1.54, 1.807) is 36.4 Å². The van der Waals surface area contributed by atoms with Crippen molar-refractivity contribution in [2.75, 3.05) is 0 Å². The highest BCUT2D eigenvalue weighted by atomic mass is 35.5. The van der Waals surface area contributed by atoms with Crippen LogP contribution >= 0.6 is 11.6 Å². The molecule has 0 N–H and O–H groups in total. The van der Waals surface area contributed by atoms with Crippen LogP contribution in [0.2, 0.25) is 5.02 Å². The number of halogens is 2. The van der Waals surface area contributed by atoms with Crippen molar-refractivity contribution >= 4 is 28.2 Å². The van der Waals surface area contributed by atoms with Gasteiger partial charge in [0.15, 0.2) is 5.78 Å². The number of benzene rings is 3. The Kier molecular flexibility index (Phi) is 3.48. The van der Waals surface area contributed by atoms with Crippen LogP contribution in [0.3, 0.4) is 0 Å². The molecule has 1 nitrogen and oxygen atoms in total. The summed E-state index contributed by atoms with van der Waals surface area (Å²) in [6.45, 7) is 1.85. The van der Waals surface area contributed by atoms with Crippen LogP contribution < -0.4 is 0 Å². The lowest BCUT2D eigenvalue weighted by Gasteiger charge is -2.09. The smallest absolute Gasteiger partial charge is 0.195 e. The van der Waals surface area contributed by atoms with E-state index in [1.807, 2.05) is 13.0 Å². The Bertz CT molecular complexity index is 855. The summed E-state index contributed by atoms with van der Waals surface area (Å²) in [5.74, 6) is -0.530. The molecule has 0 saturated heterocycles. The summed E-state index contributed by atoms with van der Waals surface area (Å²) >= 11 is 6.23. The maximum Gasteiger partial charge on any atom is 0.195 e. The van der Waals surface area contributed by atoms with Crippen LogP contribution in [0.5, 0.6) is 0 Å². The van der Waals surface area contributed by atoms with Crippen molar-refractivity contribution in [3.05, 3.63) is 82.1 Å². The Morgan fingerprint density at radius 2 is 1.62 bits per heavy atom. The number of fused-ring (bicyclic) bond motifs is 1. The summed E-state index contributed by atoms with van der Waals surface area (Å²) in [5, 5.41) is 1.48. The number of hydrogen-bond acceptors (Lipinski definition) is 1. The second-order valence-electron chi connectivity index (χ2n) is 4.91. The van der Waals surface area contributed by atoms with Gasteiger partial charge >= 0.3 is 0 Å². The molecular formula is C18H12ClFO. The number of aryl methyl sites for hydroxylation is 1. The van der Waals surface area contributed by atoms with Crippen LogP contribution in [-0.4, -0.2) is 5.78 Å². The number of carbonyl (C=O) groups excluding carboxylic acids is 1. The molecule has 0 fully saturated rings. The molecule has 0 aliphatic heterocycles. The van der Waals surface area contributed by atoms with Crippen LogP contribution in [0, 0.1) is 12.7 Å². The third kappa shape index (κ3) is 2.32. The van der Waals surface area contributed by atoms with Gasteiger partial charge in [0.2, 0.25) is 0 Å². The van der Waals surface area contributed by atoms with Gasteiger partial charge in [0.25, 0.3) is 0 Å². The van der Waals surface area contributed by atoms with E-state index in [9.17, 15) is 9.18 Å². The van der Waals surface area contributed by atoms with Crippen molar-refractivity contribution in [3.63, 3.8) is 0 Å². The third-order valence-corrected chi connectivity index (χ3v) is 4.05. The first-order valence-electron chi connectivity index (χ1n) is 6.56. The molecule has 3 aromatic carbocycles. The van der Waals surface area contributed by atoms with Gasteiger partial charge in [-0.3, -0.25) is 4.79 Å². The molecule has 0 radical (unpaired) electrons. The van der Waals surface area contributed by atoms with Crippen LogP contribution in [0.4, 0.5) is 4.39 Å². The monoisotopic (exact) mass is 298 g/mol. The van der Waals surface area contributed by atoms with Gasteiger partial charge in [0, 0.05) is 16.5 Å². The molecule has 0 bridgehead atoms. The molecule has 3 heteroatoms. The summed E-state index contributed by atoms with van der Waals surface area (Å²) in [6.07, 6.45) is 0. The predicted molar refractivity (Wildman–Crippen MR) is 83.5 cm³/mol. The minimum atomic E-state index is -0.336. The van der Waals surface area contributed by atoms with E-state index in [-0.39, 0.29) is 11.6 Å². The summed E-state index contributed by atoms with van der Waals surface area (Å²) in [5.41, 5.74) is 1.74. The Morgan fingerprint density at radius 3 is 2.38 bits per heavy atom. The van der Waals surface area contributed by atoms with E-state index in [0.717, 1.165) is 5.56 Å². The van der Waals surface area contributed by atoms with Crippen molar-refractivity contribution in [1.82, 2.24) is 0 Å². The average Bonchev–Trinajstić information content (AvgIpc) is 2.50. The fourth-order valence-electron chi connectivity index (χ4n) is 2.43. The first-order chi connectivity index (χ1) is 10.1. The molecule has 0 saturated carbocycles. The number of rotatable bonds is 2. The Labute approximate surface area is 127 Å². The van der Waals surface area contributed by atoms with Gasteiger partial charge in [-0.15, -0.1) is 0 Å². The highest BCUT2D eigenvalue weighted by molar-refractivity contribution is 6.36. The third-order valence-electron chi connectivity index (χ3n) is 3.55. The van der Waals surface area contributed by atoms with Crippen molar-refractivity contribution in [3.8, 4) is 0 Å². The molecule has 0 aromatic heterocycles. The summed E-state index contributed by atoms with van der Waals surface area (Å²) in [6, 6.07) is 15.1. The fourth-order valence-corrected chi connectivity index (χ4v) is 2.64. The molecule has 0 aliphatic carbocycles. The second kappa shape index (κ2) is 5.30. The molecule has 104 valence electrons. The van der Waals surface area contributed by atoms with E-state index in [0.29, 0.717) is 26.9 Å². The van der Waals surface area contributed by atoms with Gasteiger partial charge in [-0.2, -0.15) is 0 Å². The maximum atomic E-state index is 13.8. The van der Waals surface area contributed by atoms with Crippen LogP contribution in [0.15, 0.2) is 54.6 Å². The normalized spacial score (nSPS) is 10.8. The van der Waals surface area contributed by atoms with Crippen molar-refractivity contribution in [2.24, 2.45) is 0 Å². The summed E-state index contributed by atoms with van der Waals surface area (Å²) < 4.78 is 13.8. The van der Waals surface area contributed by atoms with Crippen LogP contribution in [-0.2, 0) is 0 Å². The van der Waals surface area contributed by atoms with Gasteiger partial charge < -0.3 is 0 Å². The number of ketones is 1. The number of carbonyl (C=O) groups is 1. The van der Waals surface area contributed by atoms with Gasteiger partial charge in [0.05, 0.1) is 5.02 Å². The Hall–Kier alpha value is -2.19. The lowest BCUT2D eigenvalue weighted by atomic mass is 9.96. The van der Waals surface area contributed by atoms with Crippen molar-refractivity contribution in [2.45, 2.75) is 6.92 Å². The molecule has 3 rings (SSSR count). The van der Waals surface area contributed by atoms with E-state index in [1.165, 1.54) is 12.1 Å². The topological polar surface area (TPSA) is 17.1 Å². The van der Waals surface area contributed by atoms with Gasteiger partial charge in [0.1, 0.15) is 5.82 Å². The zero-order valence-corrected chi connectivity index (χ0v) is 12.1. The molecule has 0 spiro atoms. The van der Waals surface area contributed by atoms with Crippen LogP contribution in [0.1, 0.15) is 21.5 Å². The highest BCUT2D eigenvalue weighted by Crippen LogP contribution is 2.27. The summed E-state index contributed by atoms with van der Waals surface area (Å²) in [7, 11) is 0. The molecule has 0 aliphatic rings. The first-order valence-corrected chi connectivity index (χ1v) is 6.94. The molecule has 0 unspecified atom stereocenters. The lowest BCUT2D eigenvalue weighted by Crippen LogP contribution is -2.04. The lowest BCUT2D eigenvalue weighted by molar-refractivity contribution is 0.104. The average molecular weight is 299 g/mol. The van der Waals surface area contributed by atoms with Gasteiger partial charge in [-0.05, 0) is 36.1 Å². The Morgan fingerprint density at radius 1 is 0.905 bits per heavy atom. The molecule has 0 heterocycles. The van der Waals surface area contributed by atoms with Crippen molar-refractivity contribution in [1.29, 1.82) is 0 Å². The largest absolute Gasteiger partial charge is 0.289 e. The zero-order chi connectivity index (χ0) is 15.0. The minimum absolute atomic E-state index is 0.195. The first kappa shape index (κ1) is 13.8. The zero-order valence-electron chi connectivity index (χ0n) is 11.4. The van der Waals surface area contributed by atoms with E-state index in [2.05, 4.69) is 0 Å².